The highest BCUT2D eigenvalue weighted by Crippen LogP contribution is 2.29. The van der Waals surface area contributed by atoms with Crippen LogP contribution in [-0.2, 0) is 20.9 Å². The van der Waals surface area contributed by atoms with Gasteiger partial charge in [0.05, 0.1) is 19.8 Å². The molecule has 1 aliphatic rings. The van der Waals surface area contributed by atoms with Gasteiger partial charge >= 0.3 is 0 Å². The van der Waals surface area contributed by atoms with E-state index in [0.717, 1.165) is 22.6 Å². The monoisotopic (exact) mass is 529 g/mol. The van der Waals surface area contributed by atoms with Crippen molar-refractivity contribution in [1.82, 2.24) is 0 Å². The summed E-state index contributed by atoms with van der Waals surface area (Å²) in [5, 5.41) is 4.30. The summed E-state index contributed by atoms with van der Waals surface area (Å²) < 4.78 is 24.2. The van der Waals surface area contributed by atoms with Crippen molar-refractivity contribution in [2.24, 2.45) is 17.0 Å². The maximum Gasteiger partial charge on any atom is 0.147 e. The Labute approximate surface area is 232 Å². The van der Waals surface area contributed by atoms with E-state index in [1.165, 1.54) is 0 Å². The fourth-order valence-electron chi connectivity index (χ4n) is 4.60. The van der Waals surface area contributed by atoms with Gasteiger partial charge in [0.2, 0.25) is 0 Å². The zero-order valence-corrected chi connectivity index (χ0v) is 23.2. The Morgan fingerprint density at radius 3 is 2.18 bits per heavy atom. The molecular weight excluding hydrogens is 490 g/mol. The summed E-state index contributed by atoms with van der Waals surface area (Å²) >= 11 is 0. The molecule has 6 heteroatoms. The summed E-state index contributed by atoms with van der Waals surface area (Å²) in [4.78, 5) is 5.78. The Bertz CT molecular complexity index is 1160. The van der Waals surface area contributed by atoms with E-state index >= 15 is 0 Å². The predicted octanol–water partition coefficient (Wildman–Crippen LogP) is 7.02. The number of methoxy groups -OCH3 is 1. The van der Waals surface area contributed by atoms with Gasteiger partial charge in [0.1, 0.15) is 36.4 Å². The Balaban J connectivity index is 1.38. The SMILES string of the molecule is COc1ccc(O[C@H]2C=C[C@@H](c3ccccc3)O[C@@H]2CO/N=C\[C@@H](C)[C@H](OCc2ccccc2)C(C)C)cc1. The van der Waals surface area contributed by atoms with Crippen LogP contribution in [0.5, 0.6) is 11.5 Å². The Kier molecular flexibility index (Phi) is 10.6. The minimum absolute atomic E-state index is 0.0139. The molecule has 0 saturated heterocycles. The van der Waals surface area contributed by atoms with Crippen molar-refractivity contribution in [3.05, 3.63) is 108 Å². The van der Waals surface area contributed by atoms with Gasteiger partial charge in [-0.2, -0.15) is 0 Å². The fourth-order valence-corrected chi connectivity index (χ4v) is 4.60. The van der Waals surface area contributed by atoms with Crippen LogP contribution >= 0.6 is 0 Å². The minimum Gasteiger partial charge on any atom is -0.497 e. The largest absolute Gasteiger partial charge is 0.497 e. The van der Waals surface area contributed by atoms with Crippen LogP contribution in [0.25, 0.3) is 0 Å². The molecule has 206 valence electrons. The van der Waals surface area contributed by atoms with Crippen LogP contribution in [0.15, 0.2) is 102 Å². The van der Waals surface area contributed by atoms with E-state index in [2.05, 4.69) is 50.2 Å². The number of nitrogens with zero attached hydrogens (tertiary/aromatic N) is 1. The number of ether oxygens (including phenoxy) is 4. The van der Waals surface area contributed by atoms with Gasteiger partial charge in [-0.1, -0.05) is 92.7 Å². The van der Waals surface area contributed by atoms with Crippen LogP contribution in [-0.4, -0.2) is 38.2 Å². The average Bonchev–Trinajstić information content (AvgIpc) is 2.97. The molecule has 39 heavy (non-hydrogen) atoms. The van der Waals surface area contributed by atoms with Crippen LogP contribution < -0.4 is 9.47 Å². The summed E-state index contributed by atoms with van der Waals surface area (Å²) in [7, 11) is 1.64. The number of rotatable bonds is 13. The third kappa shape index (κ3) is 8.44. The molecule has 3 aromatic rings. The second kappa shape index (κ2) is 14.5. The van der Waals surface area contributed by atoms with Crippen LogP contribution in [0.1, 0.15) is 38.0 Å². The molecule has 6 nitrogen and oxygen atoms in total. The first kappa shape index (κ1) is 28.4. The van der Waals surface area contributed by atoms with Gasteiger partial charge in [-0.15, -0.1) is 0 Å². The first-order valence-corrected chi connectivity index (χ1v) is 13.5. The molecular formula is C33H39NO5. The van der Waals surface area contributed by atoms with Crippen molar-refractivity contribution >= 4 is 6.21 Å². The summed E-state index contributed by atoms with van der Waals surface area (Å²) in [6.45, 7) is 7.23. The van der Waals surface area contributed by atoms with Crippen LogP contribution in [0, 0.1) is 11.8 Å². The standard InChI is InChI=1S/C33H39NO5/c1-24(2)33(36-22-26-11-7-5-8-12-26)25(3)21-34-37-23-32-31(38-29-17-15-28(35-4)16-18-29)20-19-30(39-32)27-13-9-6-10-14-27/h5-21,24-25,30-33H,22-23H2,1-4H3/b34-21-/t25-,30+,31+,32-,33-/m1/s1. The highest BCUT2D eigenvalue weighted by molar-refractivity contribution is 5.60. The molecule has 0 N–H and O–H groups in total. The van der Waals surface area contributed by atoms with Gasteiger partial charge in [0.15, 0.2) is 0 Å². The quantitative estimate of drug-likeness (QED) is 0.135. The predicted molar refractivity (Wildman–Crippen MR) is 154 cm³/mol. The van der Waals surface area contributed by atoms with Crippen molar-refractivity contribution in [2.45, 2.75) is 51.8 Å². The molecule has 0 spiro atoms. The Morgan fingerprint density at radius 1 is 0.846 bits per heavy atom. The summed E-state index contributed by atoms with van der Waals surface area (Å²) in [6.07, 6.45) is 5.03. The third-order valence-electron chi connectivity index (χ3n) is 6.69. The Hall–Kier alpha value is -3.61. The third-order valence-corrected chi connectivity index (χ3v) is 6.69. The zero-order valence-electron chi connectivity index (χ0n) is 23.2. The molecule has 5 atom stereocenters. The van der Waals surface area contributed by atoms with E-state index in [0.29, 0.717) is 12.5 Å². The summed E-state index contributed by atoms with van der Waals surface area (Å²) in [6, 6.07) is 27.8. The van der Waals surface area contributed by atoms with Gasteiger partial charge in [-0.3, -0.25) is 0 Å². The molecule has 0 aromatic heterocycles. The van der Waals surface area contributed by atoms with Gasteiger partial charge < -0.3 is 23.8 Å². The van der Waals surface area contributed by atoms with Gasteiger partial charge in [-0.25, -0.2) is 0 Å². The summed E-state index contributed by atoms with van der Waals surface area (Å²) in [5.74, 6) is 1.91. The number of hydrogen-bond acceptors (Lipinski definition) is 6. The van der Waals surface area contributed by atoms with Crippen LogP contribution in [0.2, 0.25) is 0 Å². The lowest BCUT2D eigenvalue weighted by Gasteiger charge is -2.32. The van der Waals surface area contributed by atoms with Crippen molar-refractivity contribution in [3.63, 3.8) is 0 Å². The normalized spacial score (nSPS) is 20.6. The van der Waals surface area contributed by atoms with E-state index < -0.39 is 0 Å². The fraction of sp³-hybridized carbons (Fsp3) is 0.364. The molecule has 0 radical (unpaired) electrons. The van der Waals surface area contributed by atoms with Crippen molar-refractivity contribution < 1.29 is 23.8 Å². The number of benzene rings is 3. The van der Waals surface area contributed by atoms with Crippen molar-refractivity contribution in [1.29, 1.82) is 0 Å². The molecule has 0 saturated carbocycles. The second-order valence-corrected chi connectivity index (χ2v) is 10.1. The van der Waals surface area contributed by atoms with Gasteiger partial charge in [0.25, 0.3) is 0 Å². The van der Waals surface area contributed by atoms with E-state index in [-0.39, 0.29) is 36.9 Å². The first-order chi connectivity index (χ1) is 19.0. The van der Waals surface area contributed by atoms with Gasteiger partial charge in [0, 0.05) is 12.1 Å². The molecule has 3 aromatic carbocycles. The smallest absolute Gasteiger partial charge is 0.147 e. The molecule has 0 fully saturated rings. The number of hydrogen-bond donors (Lipinski definition) is 0. The lowest BCUT2D eigenvalue weighted by atomic mass is 9.95. The maximum atomic E-state index is 6.42. The zero-order chi connectivity index (χ0) is 27.5. The van der Waals surface area contributed by atoms with Gasteiger partial charge in [-0.05, 0) is 47.4 Å². The Morgan fingerprint density at radius 2 is 1.51 bits per heavy atom. The van der Waals surface area contributed by atoms with E-state index in [4.69, 9.17) is 23.8 Å². The van der Waals surface area contributed by atoms with Crippen molar-refractivity contribution in [3.8, 4) is 11.5 Å². The second-order valence-electron chi connectivity index (χ2n) is 10.1. The van der Waals surface area contributed by atoms with E-state index in [1.54, 1.807) is 7.11 Å². The molecule has 4 rings (SSSR count). The molecule has 0 bridgehead atoms. The average molecular weight is 530 g/mol. The summed E-state index contributed by atoms with van der Waals surface area (Å²) in [5.41, 5.74) is 2.23. The van der Waals surface area contributed by atoms with E-state index in [9.17, 15) is 0 Å². The lowest BCUT2D eigenvalue weighted by Crippen LogP contribution is -2.39. The van der Waals surface area contributed by atoms with Crippen molar-refractivity contribution in [2.75, 3.05) is 13.7 Å². The van der Waals surface area contributed by atoms with Crippen LogP contribution in [0.3, 0.4) is 0 Å². The maximum absolute atomic E-state index is 6.42. The molecule has 1 aliphatic heterocycles. The highest BCUT2D eigenvalue weighted by Gasteiger charge is 2.30. The number of oxime groups is 1. The molecule has 0 unspecified atom stereocenters. The lowest BCUT2D eigenvalue weighted by molar-refractivity contribution is -0.0879. The molecule has 0 amide bonds. The minimum atomic E-state index is -0.356. The van der Waals surface area contributed by atoms with Crippen LogP contribution in [0.4, 0.5) is 0 Å². The first-order valence-electron chi connectivity index (χ1n) is 13.5. The van der Waals surface area contributed by atoms with E-state index in [1.807, 2.05) is 79.0 Å². The molecule has 1 heterocycles. The molecule has 0 aliphatic carbocycles. The topological polar surface area (TPSA) is 58.5 Å². The highest BCUT2D eigenvalue weighted by atomic mass is 16.6.